The molecule has 1 fully saturated rings. The third-order valence-electron chi connectivity index (χ3n) is 6.89. The standard InChI is InChI=1S/C24H34O2/c1-16-11-12-20-19(13-16)23-21(25)14-18(15-22(23)26-24(20,2)3)10-6-9-17-7-4-5-8-17/h14-17,25H,4-13H2,1-3H3. The predicted molar refractivity (Wildman–Crippen MR) is 108 cm³/mol. The average molecular weight is 355 g/mol. The first-order valence-corrected chi connectivity index (χ1v) is 10.7. The molecule has 0 aromatic heterocycles. The van der Waals surface area contributed by atoms with Gasteiger partial charge in [-0.15, -0.1) is 0 Å². The Balaban J connectivity index is 1.57. The van der Waals surface area contributed by atoms with Gasteiger partial charge in [-0.3, -0.25) is 0 Å². The Morgan fingerprint density at radius 3 is 2.69 bits per heavy atom. The fourth-order valence-electron chi connectivity index (χ4n) is 5.45. The summed E-state index contributed by atoms with van der Waals surface area (Å²) in [5, 5.41) is 10.8. The Labute approximate surface area is 158 Å². The number of benzene rings is 1. The quantitative estimate of drug-likeness (QED) is 0.656. The minimum absolute atomic E-state index is 0.253. The maximum atomic E-state index is 10.8. The second-order valence-electron chi connectivity index (χ2n) is 9.45. The summed E-state index contributed by atoms with van der Waals surface area (Å²) in [5.41, 5.74) is 4.70. The zero-order valence-corrected chi connectivity index (χ0v) is 16.7. The normalized spacial score (nSPS) is 25.0. The van der Waals surface area contributed by atoms with Crippen molar-refractivity contribution in [3.63, 3.8) is 0 Å². The average Bonchev–Trinajstić information content (AvgIpc) is 3.06. The number of rotatable bonds is 4. The smallest absolute Gasteiger partial charge is 0.132 e. The van der Waals surface area contributed by atoms with E-state index < -0.39 is 0 Å². The fraction of sp³-hybridized carbons (Fsp3) is 0.667. The lowest BCUT2D eigenvalue weighted by Crippen LogP contribution is -2.36. The summed E-state index contributed by atoms with van der Waals surface area (Å²) in [6.07, 6.45) is 12.6. The van der Waals surface area contributed by atoms with E-state index >= 15 is 0 Å². The molecule has 1 heterocycles. The summed E-state index contributed by atoms with van der Waals surface area (Å²) in [7, 11) is 0. The van der Waals surface area contributed by atoms with Crippen molar-refractivity contribution in [2.24, 2.45) is 11.8 Å². The van der Waals surface area contributed by atoms with Crippen molar-refractivity contribution in [3.8, 4) is 11.5 Å². The van der Waals surface area contributed by atoms with Crippen molar-refractivity contribution in [1.82, 2.24) is 0 Å². The predicted octanol–water partition coefficient (Wildman–Crippen LogP) is 6.65. The van der Waals surface area contributed by atoms with Crippen LogP contribution in [0.1, 0.15) is 89.7 Å². The van der Waals surface area contributed by atoms with Crippen molar-refractivity contribution >= 4 is 5.57 Å². The number of phenolic OH excluding ortho intramolecular Hbond substituents is 1. The van der Waals surface area contributed by atoms with Crippen molar-refractivity contribution in [2.75, 3.05) is 0 Å². The van der Waals surface area contributed by atoms with Crippen LogP contribution in [0.3, 0.4) is 0 Å². The van der Waals surface area contributed by atoms with Crippen LogP contribution >= 0.6 is 0 Å². The molecule has 1 aromatic rings. The van der Waals surface area contributed by atoms with Gasteiger partial charge in [0.05, 0.1) is 5.56 Å². The third kappa shape index (κ3) is 3.40. The van der Waals surface area contributed by atoms with Gasteiger partial charge in [0.2, 0.25) is 0 Å². The van der Waals surface area contributed by atoms with Gasteiger partial charge in [0.1, 0.15) is 17.1 Å². The van der Waals surface area contributed by atoms with Crippen molar-refractivity contribution in [1.29, 1.82) is 0 Å². The number of aromatic hydroxyl groups is 1. The van der Waals surface area contributed by atoms with Gasteiger partial charge in [-0.2, -0.15) is 0 Å². The minimum atomic E-state index is -0.253. The Morgan fingerprint density at radius 1 is 1.15 bits per heavy atom. The molecule has 2 nitrogen and oxygen atoms in total. The lowest BCUT2D eigenvalue weighted by atomic mass is 9.74. The van der Waals surface area contributed by atoms with Crippen LogP contribution in [0, 0.1) is 11.8 Å². The maximum absolute atomic E-state index is 10.8. The number of hydrogen-bond acceptors (Lipinski definition) is 2. The molecule has 1 atom stereocenters. The summed E-state index contributed by atoms with van der Waals surface area (Å²) >= 11 is 0. The molecule has 4 rings (SSSR count). The van der Waals surface area contributed by atoms with Crippen LogP contribution in [0.2, 0.25) is 0 Å². The molecule has 1 N–H and O–H groups in total. The highest BCUT2D eigenvalue weighted by Gasteiger charge is 2.38. The van der Waals surface area contributed by atoms with Crippen LogP contribution < -0.4 is 4.74 Å². The van der Waals surface area contributed by atoms with Gasteiger partial charge in [0.25, 0.3) is 0 Å². The number of aryl methyl sites for hydroxylation is 1. The van der Waals surface area contributed by atoms with Gasteiger partial charge < -0.3 is 9.84 Å². The first-order chi connectivity index (χ1) is 12.4. The van der Waals surface area contributed by atoms with E-state index in [-0.39, 0.29) is 5.60 Å². The molecule has 26 heavy (non-hydrogen) atoms. The molecule has 2 aliphatic carbocycles. The molecule has 0 spiro atoms. The molecule has 0 bridgehead atoms. The summed E-state index contributed by atoms with van der Waals surface area (Å²) in [6.45, 7) is 6.69. The van der Waals surface area contributed by atoms with E-state index in [1.165, 1.54) is 61.7 Å². The summed E-state index contributed by atoms with van der Waals surface area (Å²) in [6, 6.07) is 4.20. The van der Waals surface area contributed by atoms with Crippen LogP contribution in [0.4, 0.5) is 0 Å². The van der Waals surface area contributed by atoms with E-state index in [0.29, 0.717) is 11.7 Å². The van der Waals surface area contributed by atoms with E-state index in [0.717, 1.165) is 36.5 Å². The highest BCUT2D eigenvalue weighted by atomic mass is 16.5. The van der Waals surface area contributed by atoms with Gasteiger partial charge in [0, 0.05) is 0 Å². The van der Waals surface area contributed by atoms with Gasteiger partial charge in [-0.25, -0.2) is 0 Å². The van der Waals surface area contributed by atoms with Crippen LogP contribution in [0.5, 0.6) is 11.5 Å². The molecular formula is C24H34O2. The molecule has 142 valence electrons. The molecule has 0 amide bonds. The summed E-state index contributed by atoms with van der Waals surface area (Å²) in [4.78, 5) is 0. The van der Waals surface area contributed by atoms with Gasteiger partial charge in [-0.05, 0) is 86.6 Å². The Kier molecular flexibility index (Phi) is 4.79. The molecule has 1 aliphatic heterocycles. The number of fused-ring (bicyclic) bond motifs is 2. The molecule has 1 aromatic carbocycles. The topological polar surface area (TPSA) is 29.5 Å². The highest BCUT2D eigenvalue weighted by molar-refractivity contribution is 5.81. The number of ether oxygens (including phenoxy) is 1. The van der Waals surface area contributed by atoms with E-state index in [4.69, 9.17) is 4.74 Å². The van der Waals surface area contributed by atoms with Gasteiger partial charge in [0.15, 0.2) is 0 Å². The third-order valence-corrected chi connectivity index (χ3v) is 6.89. The first kappa shape index (κ1) is 17.9. The molecule has 1 unspecified atom stereocenters. The number of allylic oxidation sites excluding steroid dienone is 1. The molecule has 3 aliphatic rings. The Morgan fingerprint density at radius 2 is 1.92 bits per heavy atom. The zero-order chi connectivity index (χ0) is 18.3. The second-order valence-corrected chi connectivity index (χ2v) is 9.45. The molecular weight excluding hydrogens is 320 g/mol. The lowest BCUT2D eigenvalue weighted by molar-refractivity contribution is 0.135. The SMILES string of the molecule is CC1CCC2=C(C1)c1c(O)cc(CCCC3CCCC3)cc1OC2(C)C. The fourth-order valence-corrected chi connectivity index (χ4v) is 5.45. The molecule has 1 saturated carbocycles. The van der Waals surface area contributed by atoms with Gasteiger partial charge >= 0.3 is 0 Å². The summed E-state index contributed by atoms with van der Waals surface area (Å²) < 4.78 is 6.41. The van der Waals surface area contributed by atoms with E-state index in [9.17, 15) is 5.11 Å². The molecule has 2 heteroatoms. The van der Waals surface area contributed by atoms with Crippen molar-refractivity contribution in [3.05, 3.63) is 28.8 Å². The van der Waals surface area contributed by atoms with Crippen LogP contribution in [0.15, 0.2) is 17.7 Å². The van der Waals surface area contributed by atoms with Crippen molar-refractivity contribution in [2.45, 2.75) is 90.6 Å². The van der Waals surface area contributed by atoms with Crippen LogP contribution in [-0.4, -0.2) is 10.7 Å². The zero-order valence-electron chi connectivity index (χ0n) is 16.7. The summed E-state index contributed by atoms with van der Waals surface area (Å²) in [5.74, 6) is 2.95. The van der Waals surface area contributed by atoms with E-state index in [1.54, 1.807) is 0 Å². The van der Waals surface area contributed by atoms with Crippen molar-refractivity contribution < 1.29 is 9.84 Å². The van der Waals surface area contributed by atoms with Crippen LogP contribution in [0.25, 0.3) is 5.57 Å². The number of phenols is 1. The monoisotopic (exact) mass is 354 g/mol. The van der Waals surface area contributed by atoms with Gasteiger partial charge in [-0.1, -0.05) is 39.0 Å². The Bertz CT molecular complexity index is 707. The van der Waals surface area contributed by atoms with E-state index in [2.05, 4.69) is 26.8 Å². The first-order valence-electron chi connectivity index (χ1n) is 10.7. The lowest BCUT2D eigenvalue weighted by Gasteiger charge is -2.41. The molecule has 0 saturated heterocycles. The largest absolute Gasteiger partial charge is 0.507 e. The molecule has 0 radical (unpaired) electrons. The van der Waals surface area contributed by atoms with E-state index in [1.807, 2.05) is 6.07 Å². The van der Waals surface area contributed by atoms with Crippen LogP contribution in [-0.2, 0) is 6.42 Å². The second kappa shape index (κ2) is 6.94. The maximum Gasteiger partial charge on any atom is 0.132 e. The number of hydrogen-bond donors (Lipinski definition) is 1. The highest BCUT2D eigenvalue weighted by Crippen LogP contribution is 2.51. The Hall–Kier alpha value is -1.44. The minimum Gasteiger partial charge on any atom is -0.507 e.